The van der Waals surface area contributed by atoms with Gasteiger partial charge in [-0.05, 0) is 49.6 Å². The largest absolute Gasteiger partial charge is 0.370 e. The first kappa shape index (κ1) is 22.5. The first-order chi connectivity index (χ1) is 16.1. The summed E-state index contributed by atoms with van der Waals surface area (Å²) in [4.78, 5) is 38.1. The van der Waals surface area contributed by atoms with Crippen molar-refractivity contribution in [3.05, 3.63) is 83.8 Å². The zero-order valence-corrected chi connectivity index (χ0v) is 18.9. The Morgan fingerprint density at radius 3 is 2.58 bits per heavy atom. The molecule has 170 valence electrons. The maximum absolute atomic E-state index is 13.1. The standard InChI is InChI=1S/C26H29N5O2/c1-20-17-23(10-12-27-20)30-13-6-14-31(16-15-30)25-24(9-5-11-28-25)26(33)29-22(19-32)18-21-7-3-2-4-8-21/h2-5,7-12,17,19,22H,6,13-16,18H2,1H3,(H,29,33). The first-order valence-corrected chi connectivity index (χ1v) is 11.3. The number of amides is 1. The number of nitrogens with one attached hydrogen (secondary N) is 1. The van der Waals surface area contributed by atoms with Crippen LogP contribution in [0.4, 0.5) is 11.5 Å². The van der Waals surface area contributed by atoms with E-state index in [1.54, 1.807) is 18.3 Å². The molecule has 1 aliphatic rings. The predicted molar refractivity (Wildman–Crippen MR) is 130 cm³/mol. The topological polar surface area (TPSA) is 78.4 Å². The third kappa shape index (κ3) is 5.74. The van der Waals surface area contributed by atoms with E-state index in [9.17, 15) is 9.59 Å². The molecular formula is C26H29N5O2. The minimum Gasteiger partial charge on any atom is -0.370 e. The number of benzene rings is 1. The summed E-state index contributed by atoms with van der Waals surface area (Å²) in [5.74, 6) is 0.379. The molecule has 0 bridgehead atoms. The van der Waals surface area contributed by atoms with Gasteiger partial charge in [-0.15, -0.1) is 0 Å². The molecule has 0 saturated carbocycles. The Bertz CT molecular complexity index is 1090. The summed E-state index contributed by atoms with van der Waals surface area (Å²) < 4.78 is 0. The molecule has 7 nitrogen and oxygen atoms in total. The molecule has 4 rings (SSSR count). The third-order valence-corrected chi connectivity index (χ3v) is 5.85. The quantitative estimate of drug-likeness (QED) is 0.566. The average Bonchev–Trinajstić information content (AvgIpc) is 3.10. The van der Waals surface area contributed by atoms with E-state index in [4.69, 9.17) is 0 Å². The molecule has 3 aromatic rings. The molecule has 1 saturated heterocycles. The Hall–Kier alpha value is -3.74. The number of carbonyl (C=O) groups is 2. The number of aldehydes is 1. The summed E-state index contributed by atoms with van der Waals surface area (Å²) in [5.41, 5.74) is 3.65. The van der Waals surface area contributed by atoms with Gasteiger partial charge in [0.05, 0.1) is 11.6 Å². The van der Waals surface area contributed by atoms with Crippen molar-refractivity contribution in [2.45, 2.75) is 25.8 Å². The molecule has 1 N–H and O–H groups in total. The molecule has 7 heteroatoms. The molecule has 0 spiro atoms. The molecule has 0 aliphatic carbocycles. The van der Waals surface area contributed by atoms with Crippen molar-refractivity contribution in [1.29, 1.82) is 0 Å². The number of carbonyl (C=O) groups excluding carboxylic acids is 2. The van der Waals surface area contributed by atoms with Crippen LogP contribution in [0.5, 0.6) is 0 Å². The van der Waals surface area contributed by atoms with Crippen LogP contribution >= 0.6 is 0 Å². The van der Waals surface area contributed by atoms with Gasteiger partial charge in [0.15, 0.2) is 0 Å². The van der Waals surface area contributed by atoms with Gasteiger partial charge >= 0.3 is 0 Å². The Morgan fingerprint density at radius 1 is 1.00 bits per heavy atom. The number of hydrogen-bond acceptors (Lipinski definition) is 6. The van der Waals surface area contributed by atoms with Crippen molar-refractivity contribution in [3.63, 3.8) is 0 Å². The second-order valence-electron chi connectivity index (χ2n) is 8.26. The molecule has 33 heavy (non-hydrogen) atoms. The van der Waals surface area contributed by atoms with Crippen LogP contribution in [0.15, 0.2) is 67.0 Å². The van der Waals surface area contributed by atoms with Crippen LogP contribution in [0.25, 0.3) is 0 Å². The summed E-state index contributed by atoms with van der Waals surface area (Å²) in [6.07, 6.45) is 5.75. The molecule has 1 amide bonds. The number of anilines is 2. The summed E-state index contributed by atoms with van der Waals surface area (Å²) in [7, 11) is 0. The van der Waals surface area contributed by atoms with E-state index < -0.39 is 6.04 Å². The van der Waals surface area contributed by atoms with E-state index >= 15 is 0 Å². The predicted octanol–water partition coefficient (Wildman–Crippen LogP) is 3.04. The monoisotopic (exact) mass is 443 g/mol. The zero-order chi connectivity index (χ0) is 23.0. The maximum atomic E-state index is 13.1. The van der Waals surface area contributed by atoms with Crippen LogP contribution < -0.4 is 15.1 Å². The fourth-order valence-corrected chi connectivity index (χ4v) is 4.19. The van der Waals surface area contributed by atoms with E-state index in [0.29, 0.717) is 17.8 Å². The van der Waals surface area contributed by atoms with Crippen molar-refractivity contribution in [3.8, 4) is 0 Å². The Balaban J connectivity index is 1.46. The fourth-order valence-electron chi connectivity index (χ4n) is 4.19. The van der Waals surface area contributed by atoms with Gasteiger partial charge in [0.25, 0.3) is 5.91 Å². The number of hydrogen-bond donors (Lipinski definition) is 1. The number of aryl methyl sites for hydroxylation is 1. The molecule has 3 heterocycles. The highest BCUT2D eigenvalue weighted by Gasteiger charge is 2.23. The number of pyridine rings is 2. The highest BCUT2D eigenvalue weighted by molar-refractivity contribution is 6.00. The van der Waals surface area contributed by atoms with Crippen molar-refractivity contribution in [2.75, 3.05) is 36.0 Å². The Labute approximate surface area is 194 Å². The van der Waals surface area contributed by atoms with Crippen LogP contribution in [-0.2, 0) is 11.2 Å². The lowest BCUT2D eigenvalue weighted by atomic mass is 10.1. The summed E-state index contributed by atoms with van der Waals surface area (Å²) in [5, 5.41) is 2.88. The maximum Gasteiger partial charge on any atom is 0.255 e. The van der Waals surface area contributed by atoms with Gasteiger partial charge in [0, 0.05) is 50.0 Å². The molecule has 2 aromatic heterocycles. The smallest absolute Gasteiger partial charge is 0.255 e. The van der Waals surface area contributed by atoms with Gasteiger partial charge in [-0.3, -0.25) is 9.78 Å². The van der Waals surface area contributed by atoms with Gasteiger partial charge in [-0.25, -0.2) is 4.98 Å². The van der Waals surface area contributed by atoms with Gasteiger partial charge in [-0.2, -0.15) is 0 Å². The van der Waals surface area contributed by atoms with Crippen LogP contribution in [0.1, 0.15) is 28.0 Å². The van der Waals surface area contributed by atoms with E-state index in [1.807, 2.05) is 49.5 Å². The van der Waals surface area contributed by atoms with Crippen molar-refractivity contribution in [1.82, 2.24) is 15.3 Å². The highest BCUT2D eigenvalue weighted by atomic mass is 16.2. The lowest BCUT2D eigenvalue weighted by molar-refractivity contribution is -0.109. The number of rotatable bonds is 7. The number of nitrogens with zero attached hydrogens (tertiary/aromatic N) is 4. The normalized spacial score (nSPS) is 14.9. The highest BCUT2D eigenvalue weighted by Crippen LogP contribution is 2.22. The van der Waals surface area contributed by atoms with Gasteiger partial charge in [-0.1, -0.05) is 30.3 Å². The minimum absolute atomic E-state index is 0.281. The van der Waals surface area contributed by atoms with Gasteiger partial charge in [0.2, 0.25) is 0 Å². The van der Waals surface area contributed by atoms with Crippen molar-refractivity contribution < 1.29 is 9.59 Å². The van der Waals surface area contributed by atoms with E-state index in [-0.39, 0.29) is 5.91 Å². The van der Waals surface area contributed by atoms with E-state index in [2.05, 4.69) is 31.2 Å². The van der Waals surface area contributed by atoms with Crippen LogP contribution in [0.3, 0.4) is 0 Å². The molecular weight excluding hydrogens is 414 g/mol. The number of aromatic nitrogens is 2. The molecule has 0 radical (unpaired) electrons. The second-order valence-corrected chi connectivity index (χ2v) is 8.26. The molecule has 1 fully saturated rings. The molecule has 1 atom stereocenters. The summed E-state index contributed by atoms with van der Waals surface area (Å²) in [6.45, 7) is 5.31. The van der Waals surface area contributed by atoms with E-state index in [0.717, 1.165) is 55.8 Å². The molecule has 1 unspecified atom stereocenters. The molecule has 1 aromatic carbocycles. The van der Waals surface area contributed by atoms with Crippen molar-refractivity contribution in [2.24, 2.45) is 0 Å². The van der Waals surface area contributed by atoms with Crippen LogP contribution in [-0.4, -0.2) is 54.4 Å². The van der Waals surface area contributed by atoms with Crippen LogP contribution in [0.2, 0.25) is 0 Å². The second kappa shape index (κ2) is 10.7. The fraction of sp³-hybridized carbons (Fsp3) is 0.308. The third-order valence-electron chi connectivity index (χ3n) is 5.85. The lowest BCUT2D eigenvalue weighted by Crippen LogP contribution is -2.39. The van der Waals surface area contributed by atoms with E-state index in [1.165, 1.54) is 0 Å². The minimum atomic E-state index is -0.595. The van der Waals surface area contributed by atoms with Gasteiger partial charge in [0.1, 0.15) is 12.1 Å². The Morgan fingerprint density at radius 2 is 1.79 bits per heavy atom. The lowest BCUT2D eigenvalue weighted by Gasteiger charge is -2.25. The Kier molecular flexibility index (Phi) is 7.29. The van der Waals surface area contributed by atoms with Crippen LogP contribution in [0, 0.1) is 6.92 Å². The van der Waals surface area contributed by atoms with Gasteiger partial charge < -0.3 is 19.9 Å². The zero-order valence-electron chi connectivity index (χ0n) is 18.9. The summed E-state index contributed by atoms with van der Waals surface area (Å²) in [6, 6.07) is 16.8. The summed E-state index contributed by atoms with van der Waals surface area (Å²) >= 11 is 0. The van der Waals surface area contributed by atoms with Crippen molar-refractivity contribution >= 4 is 23.7 Å². The molecule has 1 aliphatic heterocycles. The first-order valence-electron chi connectivity index (χ1n) is 11.3. The SMILES string of the molecule is Cc1cc(N2CCCN(c3ncccc3C(=O)NC(C=O)Cc3ccccc3)CC2)ccn1. The average molecular weight is 444 g/mol.